The van der Waals surface area contributed by atoms with E-state index in [1.165, 1.54) is 18.2 Å². The number of aliphatic carboxylic acids is 1. The molecule has 0 aromatic heterocycles. The first kappa shape index (κ1) is 24.2. The van der Waals surface area contributed by atoms with E-state index in [-0.39, 0.29) is 30.9 Å². The number of rotatable bonds is 8. The minimum atomic E-state index is -1.20. The Morgan fingerprint density at radius 2 is 1.94 bits per heavy atom. The molecule has 2 aromatic carbocycles. The molecule has 11 heteroatoms. The third kappa shape index (κ3) is 6.53. The van der Waals surface area contributed by atoms with E-state index in [4.69, 9.17) is 20.4 Å². The molecule has 10 nitrogen and oxygen atoms in total. The molecular weight excluding hydrogens is 498 g/mol. The molecule has 0 spiro atoms. The molecule has 2 amide bonds. The summed E-state index contributed by atoms with van der Waals surface area (Å²) < 4.78 is 5.85. The van der Waals surface area contributed by atoms with Crippen molar-refractivity contribution in [2.45, 2.75) is 31.6 Å². The number of hydrogen-bond donors (Lipinski definition) is 3. The zero-order valence-electron chi connectivity index (χ0n) is 17.4. The number of amides is 2. The lowest BCUT2D eigenvalue weighted by atomic mass is 10.0. The van der Waals surface area contributed by atoms with Gasteiger partial charge in [0, 0.05) is 6.42 Å². The minimum Gasteiger partial charge on any atom is -0.507 e. The van der Waals surface area contributed by atoms with Gasteiger partial charge in [0.25, 0.3) is 5.91 Å². The summed E-state index contributed by atoms with van der Waals surface area (Å²) in [6.45, 7) is -0.238. The summed E-state index contributed by atoms with van der Waals surface area (Å²) >= 11 is 3.21. The van der Waals surface area contributed by atoms with Gasteiger partial charge in [-0.25, -0.2) is 9.69 Å². The second-order valence-electron chi connectivity index (χ2n) is 7.36. The molecule has 0 saturated heterocycles. The van der Waals surface area contributed by atoms with E-state index in [0.717, 1.165) is 10.5 Å². The van der Waals surface area contributed by atoms with Gasteiger partial charge in [-0.2, -0.15) is 0 Å². The number of hydrogen-bond acceptors (Lipinski definition) is 8. The maximum atomic E-state index is 13.3. The van der Waals surface area contributed by atoms with E-state index in [0.29, 0.717) is 16.6 Å². The molecule has 1 unspecified atom stereocenters. The van der Waals surface area contributed by atoms with Crippen molar-refractivity contribution in [3.8, 4) is 5.75 Å². The maximum absolute atomic E-state index is 13.3. The SMILES string of the molecule is N[C@@H](Cc1ccc(O)c(C(=O)N(CC2CC(Br)=NO2)C(=O)OCc2ccccc2)c1)C(=O)O. The molecule has 1 aliphatic rings. The summed E-state index contributed by atoms with van der Waals surface area (Å²) in [5.74, 6) is -2.41. The number of halogens is 1. The van der Waals surface area contributed by atoms with Crippen molar-refractivity contribution in [1.29, 1.82) is 0 Å². The molecule has 174 valence electrons. The van der Waals surface area contributed by atoms with Gasteiger partial charge in [-0.1, -0.05) is 41.6 Å². The van der Waals surface area contributed by atoms with Crippen LogP contribution in [0.2, 0.25) is 0 Å². The normalized spacial score (nSPS) is 15.8. The van der Waals surface area contributed by atoms with Crippen molar-refractivity contribution in [3.63, 3.8) is 0 Å². The quantitative estimate of drug-likeness (QED) is 0.481. The maximum Gasteiger partial charge on any atom is 0.417 e. The van der Waals surface area contributed by atoms with Crippen LogP contribution in [-0.4, -0.2) is 56.4 Å². The van der Waals surface area contributed by atoms with Gasteiger partial charge in [0.05, 0.1) is 12.1 Å². The van der Waals surface area contributed by atoms with E-state index < -0.39 is 30.1 Å². The zero-order chi connectivity index (χ0) is 24.0. The molecule has 1 aliphatic heterocycles. The summed E-state index contributed by atoms with van der Waals surface area (Å²) in [5, 5.41) is 23.1. The number of benzene rings is 2. The standard InChI is InChI=1S/C22H22BrN3O7/c23-19-10-15(33-25-19)11-26(22(31)32-12-13-4-2-1-3-5-13)20(28)16-8-14(6-7-18(16)27)9-17(24)21(29)30/h1-8,15,17,27H,9-12,24H2,(H,29,30)/t15?,17-/m0/s1. The Balaban J connectivity index is 1.82. The Morgan fingerprint density at radius 1 is 1.21 bits per heavy atom. The number of carboxylic acids is 1. The van der Waals surface area contributed by atoms with Crippen molar-refractivity contribution < 1.29 is 34.2 Å². The number of phenolic OH excluding ortho intramolecular Hbond substituents is 1. The Labute approximate surface area is 197 Å². The highest BCUT2D eigenvalue weighted by molar-refractivity contribution is 9.18. The number of carboxylic acid groups (broad SMARTS) is 1. The number of imide groups is 1. The molecular formula is C22H22BrN3O7. The van der Waals surface area contributed by atoms with Gasteiger partial charge in [0.1, 0.15) is 23.0 Å². The predicted octanol–water partition coefficient (Wildman–Crippen LogP) is 2.62. The Morgan fingerprint density at radius 3 is 2.58 bits per heavy atom. The van der Waals surface area contributed by atoms with Crippen LogP contribution in [0, 0.1) is 0 Å². The first-order valence-electron chi connectivity index (χ1n) is 9.95. The third-order valence-electron chi connectivity index (χ3n) is 4.82. The number of ether oxygens (including phenoxy) is 1. The van der Waals surface area contributed by atoms with Crippen molar-refractivity contribution in [2.24, 2.45) is 10.9 Å². The molecule has 33 heavy (non-hydrogen) atoms. The van der Waals surface area contributed by atoms with E-state index in [9.17, 15) is 19.5 Å². The van der Waals surface area contributed by atoms with Crippen LogP contribution in [0.5, 0.6) is 5.75 Å². The molecule has 0 aliphatic carbocycles. The van der Waals surface area contributed by atoms with E-state index in [2.05, 4.69) is 21.1 Å². The van der Waals surface area contributed by atoms with Crippen LogP contribution in [0.25, 0.3) is 0 Å². The summed E-state index contributed by atoms with van der Waals surface area (Å²) in [6.07, 6.45) is -1.25. The second kappa shape index (κ2) is 10.9. The van der Waals surface area contributed by atoms with E-state index >= 15 is 0 Å². The molecule has 2 atom stereocenters. The number of nitrogens with zero attached hydrogens (tertiary/aromatic N) is 2. The minimum absolute atomic E-state index is 0.0609. The van der Waals surface area contributed by atoms with Crippen molar-refractivity contribution >= 4 is 38.5 Å². The van der Waals surface area contributed by atoms with Crippen LogP contribution < -0.4 is 5.73 Å². The number of carbonyl (C=O) groups is 3. The molecule has 2 aromatic rings. The number of carbonyl (C=O) groups excluding carboxylic acids is 2. The van der Waals surface area contributed by atoms with Crippen LogP contribution in [-0.2, 0) is 27.4 Å². The van der Waals surface area contributed by atoms with Gasteiger partial charge >= 0.3 is 12.1 Å². The highest BCUT2D eigenvalue weighted by atomic mass is 79.9. The van der Waals surface area contributed by atoms with Gasteiger partial charge in [0.2, 0.25) is 0 Å². The fourth-order valence-corrected chi connectivity index (χ4v) is 3.55. The van der Waals surface area contributed by atoms with Crippen LogP contribution >= 0.6 is 15.9 Å². The highest BCUT2D eigenvalue weighted by Crippen LogP contribution is 2.24. The van der Waals surface area contributed by atoms with Gasteiger partial charge in [-0.3, -0.25) is 9.59 Å². The van der Waals surface area contributed by atoms with Crippen LogP contribution in [0.4, 0.5) is 4.79 Å². The van der Waals surface area contributed by atoms with Crippen LogP contribution in [0.3, 0.4) is 0 Å². The summed E-state index contributed by atoms with van der Waals surface area (Å²) in [6, 6.07) is 11.8. The molecule has 3 rings (SSSR count). The lowest BCUT2D eigenvalue weighted by molar-refractivity contribution is -0.138. The van der Waals surface area contributed by atoms with Crippen molar-refractivity contribution in [1.82, 2.24) is 4.90 Å². The van der Waals surface area contributed by atoms with Gasteiger partial charge < -0.3 is 25.5 Å². The third-order valence-corrected chi connectivity index (χ3v) is 5.29. The van der Waals surface area contributed by atoms with Crippen molar-refractivity contribution in [2.75, 3.05) is 6.54 Å². The second-order valence-corrected chi connectivity index (χ2v) is 8.27. The summed E-state index contributed by atoms with van der Waals surface area (Å²) in [7, 11) is 0. The lowest BCUT2D eigenvalue weighted by Gasteiger charge is -2.23. The van der Waals surface area contributed by atoms with Gasteiger partial charge in [0.15, 0.2) is 6.10 Å². The van der Waals surface area contributed by atoms with E-state index in [1.807, 2.05) is 6.07 Å². The van der Waals surface area contributed by atoms with Gasteiger partial charge in [-0.05, 0) is 45.6 Å². The summed E-state index contributed by atoms with van der Waals surface area (Å²) in [5.41, 5.74) is 6.52. The monoisotopic (exact) mass is 519 g/mol. The first-order chi connectivity index (χ1) is 15.7. The molecule has 0 saturated carbocycles. The average Bonchev–Trinajstić information content (AvgIpc) is 3.22. The molecule has 4 N–H and O–H groups in total. The smallest absolute Gasteiger partial charge is 0.417 e. The average molecular weight is 520 g/mol. The molecule has 0 bridgehead atoms. The topological polar surface area (TPSA) is 152 Å². The number of aromatic hydroxyl groups is 1. The highest BCUT2D eigenvalue weighted by Gasteiger charge is 2.32. The van der Waals surface area contributed by atoms with Gasteiger partial charge in [-0.15, -0.1) is 0 Å². The Kier molecular flexibility index (Phi) is 8.01. The molecule has 1 heterocycles. The van der Waals surface area contributed by atoms with Crippen LogP contribution in [0.15, 0.2) is 53.7 Å². The van der Waals surface area contributed by atoms with Crippen molar-refractivity contribution in [3.05, 3.63) is 65.2 Å². The molecule has 0 fully saturated rings. The first-order valence-corrected chi connectivity index (χ1v) is 10.7. The summed E-state index contributed by atoms with van der Waals surface area (Å²) in [4.78, 5) is 43.2. The Bertz CT molecular complexity index is 1060. The zero-order valence-corrected chi connectivity index (χ0v) is 19.0. The van der Waals surface area contributed by atoms with E-state index in [1.54, 1.807) is 24.3 Å². The fraction of sp³-hybridized carbons (Fsp3) is 0.273. The number of oxime groups is 1. The predicted molar refractivity (Wildman–Crippen MR) is 121 cm³/mol. The Hall–Kier alpha value is -3.44. The lowest BCUT2D eigenvalue weighted by Crippen LogP contribution is -2.42. The van der Waals surface area contributed by atoms with Crippen LogP contribution in [0.1, 0.15) is 27.9 Å². The largest absolute Gasteiger partial charge is 0.507 e. The molecule has 0 radical (unpaired) electrons. The number of nitrogens with two attached hydrogens (primary N) is 1. The fourth-order valence-electron chi connectivity index (χ4n) is 3.10. The number of phenols is 1.